The van der Waals surface area contributed by atoms with Crippen LogP contribution in [-0.4, -0.2) is 26.1 Å². The van der Waals surface area contributed by atoms with Crippen molar-refractivity contribution in [3.63, 3.8) is 0 Å². The van der Waals surface area contributed by atoms with Gasteiger partial charge in [-0.3, -0.25) is 4.55 Å². The molecule has 0 heterocycles. The van der Waals surface area contributed by atoms with Gasteiger partial charge in [0.25, 0.3) is 0 Å². The Morgan fingerprint density at radius 1 is 1.50 bits per heavy atom. The summed E-state index contributed by atoms with van der Waals surface area (Å²) in [6.07, 6.45) is 0. The molecule has 0 bridgehead atoms. The fourth-order valence-electron chi connectivity index (χ4n) is 1.51. The van der Waals surface area contributed by atoms with Gasteiger partial charge in [-0.15, -0.1) is 0 Å². The molecule has 0 unspecified atom stereocenters. The summed E-state index contributed by atoms with van der Waals surface area (Å²) in [5.41, 5.74) is 8.51. The maximum atomic E-state index is 10.3. The van der Waals surface area contributed by atoms with Gasteiger partial charge in [0, 0.05) is 18.3 Å². The molecular formula is C11H18N2O4S. The second-order valence-electron chi connectivity index (χ2n) is 4.04. The van der Waals surface area contributed by atoms with E-state index < -0.39 is 10.4 Å². The number of nitrogens with one attached hydrogen (secondary N) is 1. The molecule has 0 aliphatic rings. The summed E-state index contributed by atoms with van der Waals surface area (Å²) < 4.78 is 33.2. The zero-order valence-corrected chi connectivity index (χ0v) is 11.2. The predicted octanol–water partition coefficient (Wildman–Crippen LogP) is 1.05. The molecule has 1 aromatic rings. The lowest BCUT2D eigenvalue weighted by atomic mass is 10.0. The topological polar surface area (TPSA) is 102 Å². The van der Waals surface area contributed by atoms with Crippen LogP contribution in [0.3, 0.4) is 0 Å². The fourth-order valence-corrected chi connectivity index (χ4v) is 1.80. The van der Waals surface area contributed by atoms with Gasteiger partial charge in [-0.05, 0) is 31.0 Å². The van der Waals surface area contributed by atoms with E-state index in [1.54, 1.807) is 0 Å². The van der Waals surface area contributed by atoms with Crippen LogP contribution in [0.15, 0.2) is 18.2 Å². The molecule has 0 spiro atoms. The molecule has 0 fully saturated rings. The summed E-state index contributed by atoms with van der Waals surface area (Å²) in [4.78, 5) is 0. The van der Waals surface area contributed by atoms with E-state index >= 15 is 0 Å². The average molecular weight is 274 g/mol. The van der Waals surface area contributed by atoms with Crippen molar-refractivity contribution in [2.45, 2.75) is 19.9 Å². The number of benzene rings is 1. The quantitative estimate of drug-likeness (QED) is 0.407. The van der Waals surface area contributed by atoms with Crippen LogP contribution in [0.5, 0.6) is 0 Å². The number of nitrogens with two attached hydrogens (primary N) is 1. The molecule has 0 radical (unpaired) electrons. The van der Waals surface area contributed by atoms with Crippen LogP contribution in [0.1, 0.15) is 24.1 Å². The smallest absolute Gasteiger partial charge is 0.397 e. The van der Waals surface area contributed by atoms with Crippen LogP contribution in [0.4, 0.5) is 5.69 Å². The van der Waals surface area contributed by atoms with Gasteiger partial charge in [-0.2, -0.15) is 8.42 Å². The summed E-state index contributed by atoms with van der Waals surface area (Å²) in [5, 5.41) is 3.08. The summed E-state index contributed by atoms with van der Waals surface area (Å²) in [6, 6.07) is 5.74. The third-order valence-corrected chi connectivity index (χ3v) is 3.04. The molecule has 7 heteroatoms. The minimum Gasteiger partial charge on any atom is -0.399 e. The van der Waals surface area contributed by atoms with Gasteiger partial charge in [0.1, 0.15) is 0 Å². The van der Waals surface area contributed by atoms with Crippen LogP contribution in [0.25, 0.3) is 0 Å². The predicted molar refractivity (Wildman–Crippen MR) is 69.5 cm³/mol. The number of rotatable bonds is 6. The Morgan fingerprint density at radius 3 is 2.72 bits per heavy atom. The Hall–Kier alpha value is -1.15. The van der Waals surface area contributed by atoms with Crippen molar-refractivity contribution in [3.8, 4) is 0 Å². The molecule has 1 aromatic carbocycles. The van der Waals surface area contributed by atoms with Gasteiger partial charge >= 0.3 is 10.4 Å². The zero-order chi connectivity index (χ0) is 13.8. The zero-order valence-electron chi connectivity index (χ0n) is 10.4. The van der Waals surface area contributed by atoms with Crippen molar-refractivity contribution in [1.29, 1.82) is 0 Å². The maximum Gasteiger partial charge on any atom is 0.397 e. The molecular weight excluding hydrogens is 256 g/mol. The highest BCUT2D eigenvalue weighted by Gasteiger charge is 2.07. The lowest BCUT2D eigenvalue weighted by Crippen LogP contribution is -2.24. The largest absolute Gasteiger partial charge is 0.399 e. The number of anilines is 1. The summed E-state index contributed by atoms with van der Waals surface area (Å²) in [5.74, 6) is 0. The highest BCUT2D eigenvalue weighted by molar-refractivity contribution is 7.80. The van der Waals surface area contributed by atoms with E-state index in [0.717, 1.165) is 16.8 Å². The third kappa shape index (κ3) is 5.01. The highest BCUT2D eigenvalue weighted by Crippen LogP contribution is 2.18. The first-order chi connectivity index (χ1) is 8.29. The van der Waals surface area contributed by atoms with Gasteiger partial charge in [0.05, 0.1) is 6.61 Å². The van der Waals surface area contributed by atoms with E-state index in [9.17, 15) is 8.42 Å². The summed E-state index contributed by atoms with van der Waals surface area (Å²) >= 11 is 0. The van der Waals surface area contributed by atoms with E-state index in [-0.39, 0.29) is 12.6 Å². The van der Waals surface area contributed by atoms with E-state index in [1.807, 2.05) is 32.0 Å². The van der Waals surface area contributed by atoms with Gasteiger partial charge in [-0.25, -0.2) is 4.18 Å². The molecule has 4 N–H and O–H groups in total. The standard InChI is InChI=1S/C11H18N2O4S/c1-8-7-10(3-4-11(8)12)9(2)13-5-6-17-18(14,15)16/h3-4,7,9,13H,5-6,12H2,1-2H3,(H,14,15,16)/t9-/m1/s1. The number of nitrogen functional groups attached to an aromatic ring is 1. The van der Waals surface area contributed by atoms with E-state index in [4.69, 9.17) is 10.3 Å². The Kier molecular flexibility index (Phi) is 5.09. The van der Waals surface area contributed by atoms with Gasteiger partial charge in [0.15, 0.2) is 0 Å². The molecule has 102 valence electrons. The molecule has 0 aliphatic carbocycles. The van der Waals surface area contributed by atoms with Crippen molar-refractivity contribution in [3.05, 3.63) is 29.3 Å². The van der Waals surface area contributed by atoms with Crippen LogP contribution >= 0.6 is 0 Å². The molecule has 1 rings (SSSR count). The van der Waals surface area contributed by atoms with Crippen molar-refractivity contribution in [2.24, 2.45) is 0 Å². The van der Waals surface area contributed by atoms with Gasteiger partial charge in [0.2, 0.25) is 0 Å². The third-order valence-electron chi connectivity index (χ3n) is 2.58. The number of hydrogen-bond donors (Lipinski definition) is 3. The van der Waals surface area contributed by atoms with Gasteiger partial charge in [-0.1, -0.05) is 12.1 Å². The van der Waals surface area contributed by atoms with Crippen molar-refractivity contribution < 1.29 is 17.2 Å². The molecule has 0 saturated heterocycles. The Balaban J connectivity index is 2.45. The Morgan fingerprint density at radius 2 is 2.17 bits per heavy atom. The Bertz CT molecular complexity index is 502. The van der Waals surface area contributed by atoms with E-state index in [2.05, 4.69) is 9.50 Å². The average Bonchev–Trinajstić information content (AvgIpc) is 2.26. The first kappa shape index (κ1) is 14.9. The van der Waals surface area contributed by atoms with Gasteiger partial charge < -0.3 is 11.1 Å². The van der Waals surface area contributed by atoms with E-state index in [1.165, 1.54) is 0 Å². The Labute approximate surface area is 107 Å². The minimum atomic E-state index is -4.36. The summed E-state index contributed by atoms with van der Waals surface area (Å²) in [6.45, 7) is 4.06. The van der Waals surface area contributed by atoms with Crippen molar-refractivity contribution in [1.82, 2.24) is 5.32 Å². The lowest BCUT2D eigenvalue weighted by Gasteiger charge is -2.15. The van der Waals surface area contributed by atoms with Crippen molar-refractivity contribution >= 4 is 16.1 Å². The highest BCUT2D eigenvalue weighted by atomic mass is 32.3. The van der Waals surface area contributed by atoms with Crippen molar-refractivity contribution in [2.75, 3.05) is 18.9 Å². The SMILES string of the molecule is Cc1cc([C@@H](C)NCCOS(=O)(=O)O)ccc1N. The molecule has 0 amide bonds. The minimum absolute atomic E-state index is 0.0364. The molecule has 0 saturated carbocycles. The molecule has 0 aliphatic heterocycles. The van der Waals surface area contributed by atoms with Crippen LogP contribution in [-0.2, 0) is 14.6 Å². The molecule has 0 aromatic heterocycles. The normalized spacial score (nSPS) is 13.5. The molecule has 6 nitrogen and oxygen atoms in total. The fraction of sp³-hybridized carbons (Fsp3) is 0.455. The lowest BCUT2D eigenvalue weighted by molar-refractivity contribution is 0.264. The monoisotopic (exact) mass is 274 g/mol. The second kappa shape index (κ2) is 6.14. The summed E-state index contributed by atoms with van der Waals surface area (Å²) in [7, 11) is -4.36. The maximum absolute atomic E-state index is 10.3. The van der Waals surface area contributed by atoms with E-state index in [0.29, 0.717) is 6.54 Å². The van der Waals surface area contributed by atoms with Crippen LogP contribution < -0.4 is 11.1 Å². The molecule has 1 atom stereocenters. The van der Waals surface area contributed by atoms with Crippen LogP contribution in [0, 0.1) is 6.92 Å². The molecule has 18 heavy (non-hydrogen) atoms. The first-order valence-corrected chi connectivity index (χ1v) is 6.87. The van der Waals surface area contributed by atoms with Crippen LogP contribution in [0.2, 0.25) is 0 Å². The number of aryl methyl sites for hydroxylation is 1. The number of hydrogen-bond acceptors (Lipinski definition) is 5. The first-order valence-electron chi connectivity index (χ1n) is 5.51. The second-order valence-corrected chi connectivity index (χ2v) is 5.13.